The van der Waals surface area contributed by atoms with Crippen LogP contribution in [0.25, 0.3) is 6.08 Å². The zero-order chi connectivity index (χ0) is 14.4. The minimum atomic E-state index is -1.37. The third kappa shape index (κ3) is 3.91. The van der Waals surface area contributed by atoms with E-state index in [1.807, 2.05) is 18.2 Å². The molecule has 0 fully saturated rings. The Morgan fingerprint density at radius 3 is 2.35 bits per heavy atom. The van der Waals surface area contributed by atoms with Crippen LogP contribution in [0.4, 0.5) is 0 Å². The van der Waals surface area contributed by atoms with Crippen LogP contribution in [0.15, 0.2) is 48.6 Å². The van der Waals surface area contributed by atoms with E-state index in [0.717, 1.165) is 24.5 Å². The Hall–Kier alpha value is -2.69. The number of carboxylic acid groups (broad SMARTS) is 1. The van der Waals surface area contributed by atoms with Gasteiger partial charge in [0.25, 0.3) is 0 Å². The first-order valence-electron chi connectivity index (χ1n) is 6.13. The predicted molar refractivity (Wildman–Crippen MR) is 74.1 cm³/mol. The smallest absolute Gasteiger partial charge is 0.371 e. The first-order valence-corrected chi connectivity index (χ1v) is 6.13. The average molecular weight is 270 g/mol. The first kappa shape index (κ1) is 13.7. The normalized spacial score (nSPS) is 11.3. The third-order valence-electron chi connectivity index (χ3n) is 2.80. The molecule has 0 saturated heterocycles. The number of aliphatic carboxylic acids is 1. The summed E-state index contributed by atoms with van der Waals surface area (Å²) < 4.78 is 0. The number of hydrogen-bond acceptors (Lipinski definition) is 4. The van der Waals surface area contributed by atoms with E-state index in [1.54, 1.807) is 24.7 Å². The molecule has 5 nitrogen and oxygen atoms in total. The van der Waals surface area contributed by atoms with Gasteiger partial charge in [0.05, 0.1) is 5.69 Å². The van der Waals surface area contributed by atoms with Gasteiger partial charge in [-0.3, -0.25) is 9.97 Å². The Bertz CT molecular complexity index is 607. The molecule has 0 aliphatic heterocycles. The van der Waals surface area contributed by atoms with Gasteiger partial charge in [-0.25, -0.2) is 4.79 Å². The molecule has 0 spiro atoms. The van der Waals surface area contributed by atoms with Crippen LogP contribution in [0.2, 0.25) is 0 Å². The fraction of sp³-hybridized carbons (Fsp3) is 0.133. The van der Waals surface area contributed by atoms with Gasteiger partial charge in [0.15, 0.2) is 0 Å². The van der Waals surface area contributed by atoms with Crippen molar-refractivity contribution in [1.29, 1.82) is 0 Å². The van der Waals surface area contributed by atoms with Crippen molar-refractivity contribution in [2.45, 2.75) is 12.8 Å². The molecule has 0 bridgehead atoms. The number of aliphatic hydroxyl groups is 1. The molecule has 2 heterocycles. The zero-order valence-corrected chi connectivity index (χ0v) is 10.7. The van der Waals surface area contributed by atoms with Crippen LogP contribution in [-0.4, -0.2) is 26.2 Å². The van der Waals surface area contributed by atoms with Crippen molar-refractivity contribution in [3.05, 3.63) is 65.4 Å². The van der Waals surface area contributed by atoms with Gasteiger partial charge in [0, 0.05) is 24.7 Å². The molecule has 0 amide bonds. The van der Waals surface area contributed by atoms with Crippen molar-refractivity contribution in [1.82, 2.24) is 9.97 Å². The summed E-state index contributed by atoms with van der Waals surface area (Å²) >= 11 is 0. The maximum atomic E-state index is 10.5. The van der Waals surface area contributed by atoms with Crippen LogP contribution >= 0.6 is 0 Å². The highest BCUT2D eigenvalue weighted by molar-refractivity contribution is 5.88. The van der Waals surface area contributed by atoms with Crippen LogP contribution in [0.5, 0.6) is 0 Å². The van der Waals surface area contributed by atoms with Crippen LogP contribution in [0, 0.1) is 0 Å². The highest BCUT2D eigenvalue weighted by Gasteiger charge is 2.04. The maximum absolute atomic E-state index is 10.5. The summed E-state index contributed by atoms with van der Waals surface area (Å²) in [6, 6.07) is 7.49. The second-order valence-corrected chi connectivity index (χ2v) is 4.28. The van der Waals surface area contributed by atoms with Crippen molar-refractivity contribution >= 4 is 12.0 Å². The Morgan fingerprint density at radius 2 is 1.75 bits per heavy atom. The van der Waals surface area contributed by atoms with Gasteiger partial charge in [-0.1, -0.05) is 6.07 Å². The lowest BCUT2D eigenvalue weighted by molar-refractivity contribution is -0.135. The molecule has 102 valence electrons. The van der Waals surface area contributed by atoms with Crippen LogP contribution in [0.1, 0.15) is 16.8 Å². The Morgan fingerprint density at radius 1 is 1.05 bits per heavy atom. The van der Waals surface area contributed by atoms with E-state index >= 15 is 0 Å². The average Bonchev–Trinajstić information content (AvgIpc) is 2.47. The molecule has 0 unspecified atom stereocenters. The largest absolute Gasteiger partial charge is 0.502 e. The fourth-order valence-corrected chi connectivity index (χ4v) is 1.71. The number of nitrogens with zero attached hydrogens (tertiary/aromatic N) is 2. The SMILES string of the molecule is O=C(O)/C(O)=C/c1ccc(CCc2ccncc2)cn1. The van der Waals surface area contributed by atoms with Crippen LogP contribution in [-0.2, 0) is 17.6 Å². The molecule has 2 aromatic rings. The number of pyridine rings is 2. The second-order valence-electron chi connectivity index (χ2n) is 4.28. The monoisotopic (exact) mass is 270 g/mol. The Kier molecular flexibility index (Phi) is 4.44. The molecule has 0 aliphatic carbocycles. The number of carbonyl (C=O) groups is 1. The third-order valence-corrected chi connectivity index (χ3v) is 2.80. The minimum Gasteiger partial charge on any atom is -0.502 e. The number of aromatic nitrogens is 2. The summed E-state index contributed by atoms with van der Waals surface area (Å²) in [4.78, 5) is 18.5. The Balaban J connectivity index is 1.98. The van der Waals surface area contributed by atoms with Crippen molar-refractivity contribution in [3.8, 4) is 0 Å². The summed E-state index contributed by atoms with van der Waals surface area (Å²) in [6.45, 7) is 0. The van der Waals surface area contributed by atoms with Crippen LogP contribution in [0.3, 0.4) is 0 Å². The lowest BCUT2D eigenvalue weighted by Gasteiger charge is -2.02. The van der Waals surface area contributed by atoms with Crippen LogP contribution < -0.4 is 0 Å². The summed E-state index contributed by atoms with van der Waals surface area (Å²) in [6.07, 6.45) is 8.05. The van der Waals surface area contributed by atoms with Gasteiger partial charge < -0.3 is 10.2 Å². The summed E-state index contributed by atoms with van der Waals surface area (Å²) in [5, 5.41) is 17.7. The molecule has 0 radical (unpaired) electrons. The Labute approximate surface area is 116 Å². The van der Waals surface area contributed by atoms with Gasteiger partial charge in [-0.05, 0) is 42.2 Å². The predicted octanol–water partition coefficient (Wildman–Crippen LogP) is 2.25. The fourth-order valence-electron chi connectivity index (χ4n) is 1.71. The van der Waals surface area contributed by atoms with Crippen molar-refractivity contribution in [2.75, 3.05) is 0 Å². The quantitative estimate of drug-likeness (QED) is 0.643. The molecule has 5 heteroatoms. The lowest BCUT2D eigenvalue weighted by Crippen LogP contribution is -1.99. The van der Waals surface area contributed by atoms with Gasteiger partial charge in [-0.15, -0.1) is 0 Å². The van der Waals surface area contributed by atoms with Gasteiger partial charge >= 0.3 is 5.97 Å². The molecular formula is C15H14N2O3. The number of aliphatic hydroxyl groups excluding tert-OH is 1. The summed E-state index contributed by atoms with van der Waals surface area (Å²) in [5.74, 6) is -2.09. The van der Waals surface area contributed by atoms with E-state index in [4.69, 9.17) is 10.2 Å². The second kappa shape index (κ2) is 6.47. The summed E-state index contributed by atoms with van der Waals surface area (Å²) in [7, 11) is 0. The van der Waals surface area contributed by atoms with Gasteiger partial charge in [0.1, 0.15) is 0 Å². The molecule has 2 N–H and O–H groups in total. The van der Waals surface area contributed by atoms with E-state index in [2.05, 4.69) is 9.97 Å². The molecule has 0 atom stereocenters. The van der Waals surface area contributed by atoms with E-state index in [1.165, 1.54) is 5.56 Å². The minimum absolute atomic E-state index is 0.414. The molecule has 2 aromatic heterocycles. The molecule has 0 saturated carbocycles. The van der Waals surface area contributed by atoms with E-state index in [0.29, 0.717) is 5.69 Å². The molecule has 0 aromatic carbocycles. The number of rotatable bonds is 5. The van der Waals surface area contributed by atoms with Crippen molar-refractivity contribution in [3.63, 3.8) is 0 Å². The zero-order valence-electron chi connectivity index (χ0n) is 10.7. The van der Waals surface area contributed by atoms with E-state index in [9.17, 15) is 4.79 Å². The number of aryl methyl sites for hydroxylation is 2. The summed E-state index contributed by atoms with van der Waals surface area (Å²) in [5.41, 5.74) is 2.67. The maximum Gasteiger partial charge on any atom is 0.371 e. The van der Waals surface area contributed by atoms with Gasteiger partial charge in [0.2, 0.25) is 5.76 Å². The molecule has 20 heavy (non-hydrogen) atoms. The van der Waals surface area contributed by atoms with E-state index < -0.39 is 11.7 Å². The van der Waals surface area contributed by atoms with Crippen molar-refractivity contribution in [2.24, 2.45) is 0 Å². The van der Waals surface area contributed by atoms with E-state index in [-0.39, 0.29) is 0 Å². The highest BCUT2D eigenvalue weighted by Crippen LogP contribution is 2.08. The molecule has 0 aliphatic rings. The van der Waals surface area contributed by atoms with Crippen molar-refractivity contribution < 1.29 is 15.0 Å². The topological polar surface area (TPSA) is 83.3 Å². The number of carboxylic acids is 1. The first-order chi connectivity index (χ1) is 9.65. The molecule has 2 rings (SSSR count). The standard InChI is InChI=1S/C15H14N2O3/c18-14(15(19)20)9-13-4-3-12(10-17-13)2-1-11-5-7-16-8-6-11/h3-10,18H,1-2H2,(H,19,20)/b14-9-. The lowest BCUT2D eigenvalue weighted by atomic mass is 10.1. The number of hydrogen-bond donors (Lipinski definition) is 2. The molecular weight excluding hydrogens is 256 g/mol. The van der Waals surface area contributed by atoms with Gasteiger partial charge in [-0.2, -0.15) is 0 Å². The highest BCUT2D eigenvalue weighted by atomic mass is 16.4.